The lowest BCUT2D eigenvalue weighted by Gasteiger charge is -2.16. The number of benzene rings is 1. The summed E-state index contributed by atoms with van der Waals surface area (Å²) in [6, 6.07) is 9.08. The third-order valence-corrected chi connectivity index (χ3v) is 3.70. The molecule has 1 aromatic carbocycles. The van der Waals surface area contributed by atoms with E-state index in [4.69, 9.17) is 0 Å². The molecule has 0 amide bonds. The van der Waals surface area contributed by atoms with Crippen LogP contribution in [0.1, 0.15) is 24.5 Å². The summed E-state index contributed by atoms with van der Waals surface area (Å²) in [5, 5.41) is 3.28. The van der Waals surface area contributed by atoms with Gasteiger partial charge in [-0.25, -0.2) is 0 Å². The topological polar surface area (TPSA) is 15.3 Å². The number of hydrogen-bond acceptors (Lipinski definition) is 2. The van der Waals surface area contributed by atoms with Gasteiger partial charge in [-0.3, -0.25) is 4.90 Å². The average Bonchev–Trinajstić information content (AvgIpc) is 2.78. The first-order valence-corrected chi connectivity index (χ1v) is 6.76. The number of rotatable bonds is 5. The molecule has 2 heteroatoms. The Kier molecular flexibility index (Phi) is 4.57. The molecule has 0 bridgehead atoms. The van der Waals surface area contributed by atoms with Crippen molar-refractivity contribution in [1.29, 1.82) is 0 Å². The molecule has 1 fully saturated rings. The van der Waals surface area contributed by atoms with E-state index in [9.17, 15) is 0 Å². The van der Waals surface area contributed by atoms with Crippen molar-refractivity contribution < 1.29 is 0 Å². The Balaban J connectivity index is 1.84. The summed E-state index contributed by atoms with van der Waals surface area (Å²) in [6.45, 7) is 6.98. The predicted molar refractivity (Wildman–Crippen MR) is 73.1 cm³/mol. The molecule has 2 rings (SSSR count). The highest BCUT2D eigenvalue weighted by molar-refractivity contribution is 5.22. The van der Waals surface area contributed by atoms with Crippen molar-refractivity contribution in [3.8, 4) is 0 Å². The highest BCUT2D eigenvalue weighted by Crippen LogP contribution is 2.18. The Hall–Kier alpha value is -0.860. The van der Waals surface area contributed by atoms with Crippen LogP contribution in [0.3, 0.4) is 0 Å². The quantitative estimate of drug-likeness (QED) is 0.838. The largest absolute Gasteiger partial charge is 0.319 e. The van der Waals surface area contributed by atoms with Crippen LogP contribution in [0.15, 0.2) is 24.3 Å². The van der Waals surface area contributed by atoms with Crippen LogP contribution in [0.2, 0.25) is 0 Å². The SMILES string of the molecule is CCc1ccc(CN2CCC(CNC)C2)cc1. The Labute approximate surface area is 105 Å². The number of nitrogens with zero attached hydrogens (tertiary/aromatic N) is 1. The Bertz CT molecular complexity index is 331. The summed E-state index contributed by atoms with van der Waals surface area (Å²) in [5.41, 5.74) is 2.88. The maximum Gasteiger partial charge on any atom is 0.0233 e. The van der Waals surface area contributed by atoms with E-state index in [1.807, 2.05) is 7.05 Å². The number of likely N-dealkylation sites (tertiary alicyclic amines) is 1. The third kappa shape index (κ3) is 3.55. The zero-order chi connectivity index (χ0) is 12.1. The Morgan fingerprint density at radius 2 is 1.94 bits per heavy atom. The van der Waals surface area contributed by atoms with Gasteiger partial charge in [0.1, 0.15) is 0 Å². The van der Waals surface area contributed by atoms with Crippen LogP contribution in [0, 0.1) is 5.92 Å². The summed E-state index contributed by atoms with van der Waals surface area (Å²) in [4.78, 5) is 2.57. The average molecular weight is 232 g/mol. The summed E-state index contributed by atoms with van der Waals surface area (Å²) >= 11 is 0. The van der Waals surface area contributed by atoms with Gasteiger partial charge in [0.2, 0.25) is 0 Å². The summed E-state index contributed by atoms with van der Waals surface area (Å²) in [7, 11) is 2.05. The van der Waals surface area contributed by atoms with Crippen LogP contribution in [0.5, 0.6) is 0 Å². The van der Waals surface area contributed by atoms with Gasteiger partial charge < -0.3 is 5.32 Å². The van der Waals surface area contributed by atoms with E-state index >= 15 is 0 Å². The molecular formula is C15H24N2. The number of aryl methyl sites for hydroxylation is 1. The highest BCUT2D eigenvalue weighted by atomic mass is 15.1. The first-order valence-electron chi connectivity index (χ1n) is 6.76. The van der Waals surface area contributed by atoms with Crippen molar-refractivity contribution in [2.45, 2.75) is 26.3 Å². The molecule has 1 N–H and O–H groups in total. The summed E-state index contributed by atoms with van der Waals surface area (Å²) in [6.07, 6.45) is 2.47. The van der Waals surface area contributed by atoms with Crippen LogP contribution in [0.4, 0.5) is 0 Å². The molecule has 1 unspecified atom stereocenters. The molecule has 0 aromatic heterocycles. The van der Waals surface area contributed by atoms with Gasteiger partial charge in [-0.1, -0.05) is 31.2 Å². The molecule has 1 heterocycles. The van der Waals surface area contributed by atoms with Crippen molar-refractivity contribution in [2.75, 3.05) is 26.7 Å². The molecule has 1 saturated heterocycles. The molecule has 0 saturated carbocycles. The van der Waals surface area contributed by atoms with Crippen LogP contribution >= 0.6 is 0 Å². The molecule has 0 aliphatic carbocycles. The van der Waals surface area contributed by atoms with E-state index < -0.39 is 0 Å². The molecule has 1 aromatic rings. The molecule has 2 nitrogen and oxygen atoms in total. The van der Waals surface area contributed by atoms with Crippen LogP contribution < -0.4 is 5.32 Å². The smallest absolute Gasteiger partial charge is 0.0233 e. The van der Waals surface area contributed by atoms with Crippen molar-refractivity contribution in [2.24, 2.45) is 5.92 Å². The van der Waals surface area contributed by atoms with Crippen LogP contribution in [0.25, 0.3) is 0 Å². The molecule has 1 atom stereocenters. The zero-order valence-corrected chi connectivity index (χ0v) is 11.1. The highest BCUT2D eigenvalue weighted by Gasteiger charge is 2.21. The zero-order valence-electron chi connectivity index (χ0n) is 11.1. The van der Waals surface area contributed by atoms with E-state index in [0.29, 0.717) is 0 Å². The maximum atomic E-state index is 3.28. The monoisotopic (exact) mass is 232 g/mol. The van der Waals surface area contributed by atoms with Gasteiger partial charge in [0.05, 0.1) is 0 Å². The van der Waals surface area contributed by atoms with Crippen molar-refractivity contribution in [1.82, 2.24) is 10.2 Å². The minimum Gasteiger partial charge on any atom is -0.319 e. The maximum absolute atomic E-state index is 3.28. The van der Waals surface area contributed by atoms with Gasteiger partial charge in [-0.05, 0) is 50.0 Å². The van der Waals surface area contributed by atoms with Gasteiger partial charge >= 0.3 is 0 Å². The van der Waals surface area contributed by atoms with Crippen LogP contribution in [-0.2, 0) is 13.0 Å². The Morgan fingerprint density at radius 3 is 2.59 bits per heavy atom. The van der Waals surface area contributed by atoms with E-state index in [1.165, 1.54) is 30.6 Å². The van der Waals surface area contributed by atoms with E-state index in [-0.39, 0.29) is 0 Å². The second kappa shape index (κ2) is 6.18. The second-order valence-corrected chi connectivity index (χ2v) is 5.12. The molecule has 1 aliphatic rings. The standard InChI is InChI=1S/C15H24N2/c1-3-13-4-6-14(7-5-13)11-17-9-8-15(12-17)10-16-2/h4-7,15-16H,3,8-12H2,1-2H3. The Morgan fingerprint density at radius 1 is 1.24 bits per heavy atom. The van der Waals surface area contributed by atoms with E-state index in [1.54, 1.807) is 0 Å². The molecule has 0 radical (unpaired) electrons. The fraction of sp³-hybridized carbons (Fsp3) is 0.600. The lowest BCUT2D eigenvalue weighted by Crippen LogP contribution is -2.24. The molecular weight excluding hydrogens is 208 g/mol. The van der Waals surface area contributed by atoms with Gasteiger partial charge in [-0.15, -0.1) is 0 Å². The molecule has 1 aliphatic heterocycles. The predicted octanol–water partition coefficient (Wildman–Crippen LogP) is 2.29. The fourth-order valence-electron chi connectivity index (χ4n) is 2.65. The lowest BCUT2D eigenvalue weighted by molar-refractivity contribution is 0.315. The summed E-state index contributed by atoms with van der Waals surface area (Å²) < 4.78 is 0. The first-order chi connectivity index (χ1) is 8.31. The molecule has 17 heavy (non-hydrogen) atoms. The minimum absolute atomic E-state index is 0.843. The van der Waals surface area contributed by atoms with Crippen molar-refractivity contribution in [3.05, 3.63) is 35.4 Å². The normalized spacial score (nSPS) is 20.9. The van der Waals surface area contributed by atoms with Gasteiger partial charge in [0, 0.05) is 13.1 Å². The van der Waals surface area contributed by atoms with Crippen molar-refractivity contribution >= 4 is 0 Å². The van der Waals surface area contributed by atoms with Crippen LogP contribution in [-0.4, -0.2) is 31.6 Å². The number of nitrogens with one attached hydrogen (secondary N) is 1. The minimum atomic E-state index is 0.843. The third-order valence-electron chi connectivity index (χ3n) is 3.70. The van der Waals surface area contributed by atoms with Gasteiger partial charge in [0.25, 0.3) is 0 Å². The van der Waals surface area contributed by atoms with Crippen molar-refractivity contribution in [3.63, 3.8) is 0 Å². The van der Waals surface area contributed by atoms with Gasteiger partial charge in [-0.2, -0.15) is 0 Å². The van der Waals surface area contributed by atoms with Gasteiger partial charge in [0.15, 0.2) is 0 Å². The van der Waals surface area contributed by atoms with E-state index in [2.05, 4.69) is 41.4 Å². The molecule has 94 valence electrons. The lowest BCUT2D eigenvalue weighted by atomic mass is 10.1. The second-order valence-electron chi connectivity index (χ2n) is 5.12. The number of hydrogen-bond donors (Lipinski definition) is 1. The van der Waals surface area contributed by atoms with E-state index in [0.717, 1.165) is 25.4 Å². The summed E-state index contributed by atoms with van der Waals surface area (Å²) in [5.74, 6) is 0.843. The first kappa shape index (κ1) is 12.6. The fourth-order valence-corrected chi connectivity index (χ4v) is 2.65. The molecule has 0 spiro atoms.